The van der Waals surface area contributed by atoms with Crippen LogP contribution < -0.4 is 11.5 Å². The molecule has 1 atom stereocenters. The van der Waals surface area contributed by atoms with Crippen LogP contribution in [-0.4, -0.2) is 18.0 Å². The lowest BCUT2D eigenvalue weighted by atomic mass is 10.2. The molecule has 0 amide bonds. The second kappa shape index (κ2) is 6.52. The second-order valence-electron chi connectivity index (χ2n) is 3.57. The summed E-state index contributed by atoms with van der Waals surface area (Å²) in [6.07, 6.45) is 0.505. The molecule has 0 saturated heterocycles. The molecule has 0 radical (unpaired) electrons. The van der Waals surface area contributed by atoms with E-state index in [1.165, 1.54) is 0 Å². The molecule has 0 aliphatic rings. The van der Waals surface area contributed by atoms with E-state index in [0.29, 0.717) is 6.42 Å². The number of carbonyl (C=O) groups is 1. The van der Waals surface area contributed by atoms with Crippen molar-refractivity contribution in [2.45, 2.75) is 26.0 Å². The maximum atomic E-state index is 11.6. The van der Waals surface area contributed by atoms with Gasteiger partial charge in [0.05, 0.1) is 0 Å². The van der Waals surface area contributed by atoms with Gasteiger partial charge in [-0.05, 0) is 12.0 Å². The molecule has 17 heavy (non-hydrogen) atoms. The van der Waals surface area contributed by atoms with Crippen molar-refractivity contribution in [3.63, 3.8) is 0 Å². The van der Waals surface area contributed by atoms with Crippen molar-refractivity contribution in [3.05, 3.63) is 35.9 Å². The van der Waals surface area contributed by atoms with Crippen LogP contribution in [0.1, 0.15) is 18.9 Å². The Bertz CT molecular complexity index is 386. The lowest BCUT2D eigenvalue weighted by Gasteiger charge is -2.10. The Balaban J connectivity index is 2.51. The van der Waals surface area contributed by atoms with Gasteiger partial charge >= 0.3 is 5.97 Å². The number of aliphatic imine (C=N–C) groups is 1. The van der Waals surface area contributed by atoms with Gasteiger partial charge in [-0.25, -0.2) is 9.79 Å². The average Bonchev–Trinajstić information content (AvgIpc) is 2.34. The largest absolute Gasteiger partial charge is 0.459 e. The van der Waals surface area contributed by atoms with E-state index in [-0.39, 0.29) is 12.6 Å². The summed E-state index contributed by atoms with van der Waals surface area (Å²) in [7, 11) is 0. The average molecular weight is 235 g/mol. The zero-order chi connectivity index (χ0) is 12.7. The van der Waals surface area contributed by atoms with Gasteiger partial charge in [-0.3, -0.25) is 0 Å². The third kappa shape index (κ3) is 4.55. The van der Waals surface area contributed by atoms with Crippen molar-refractivity contribution in [1.82, 2.24) is 0 Å². The van der Waals surface area contributed by atoms with Gasteiger partial charge in [0.2, 0.25) is 0 Å². The molecular formula is C12H17N3O2. The number of nitrogens with two attached hydrogens (primary N) is 2. The van der Waals surface area contributed by atoms with E-state index < -0.39 is 12.0 Å². The molecule has 0 spiro atoms. The number of nitrogens with zero attached hydrogens (tertiary/aromatic N) is 1. The van der Waals surface area contributed by atoms with Gasteiger partial charge in [-0.2, -0.15) is 0 Å². The number of hydrogen-bond acceptors (Lipinski definition) is 3. The molecule has 0 heterocycles. The van der Waals surface area contributed by atoms with Crippen molar-refractivity contribution in [3.8, 4) is 0 Å². The molecule has 5 nitrogen and oxygen atoms in total. The Hall–Kier alpha value is -2.04. The standard InChI is InChI=1S/C12H17N3O2/c1-2-10(15-12(13)14)11(16)17-8-9-6-4-3-5-7-9/h3-7,10H,2,8H2,1H3,(H4,13,14,15). The number of carbonyl (C=O) groups excluding carboxylic acids is 1. The number of ether oxygens (including phenoxy) is 1. The maximum absolute atomic E-state index is 11.6. The molecule has 1 aromatic rings. The van der Waals surface area contributed by atoms with Crippen LogP contribution in [0.2, 0.25) is 0 Å². The molecule has 1 aromatic carbocycles. The lowest BCUT2D eigenvalue weighted by molar-refractivity contribution is -0.146. The lowest BCUT2D eigenvalue weighted by Crippen LogP contribution is -2.29. The fourth-order valence-electron chi connectivity index (χ4n) is 1.32. The zero-order valence-corrected chi connectivity index (χ0v) is 9.80. The van der Waals surface area contributed by atoms with E-state index in [0.717, 1.165) is 5.56 Å². The minimum atomic E-state index is -0.622. The van der Waals surface area contributed by atoms with Crippen molar-refractivity contribution in [1.29, 1.82) is 0 Å². The molecule has 1 unspecified atom stereocenters. The number of rotatable bonds is 5. The van der Waals surface area contributed by atoms with Crippen LogP contribution in [-0.2, 0) is 16.1 Å². The topological polar surface area (TPSA) is 90.7 Å². The monoisotopic (exact) mass is 235 g/mol. The summed E-state index contributed by atoms with van der Waals surface area (Å²) in [6, 6.07) is 8.82. The molecule has 0 fully saturated rings. The van der Waals surface area contributed by atoms with Gasteiger partial charge in [0, 0.05) is 0 Å². The smallest absolute Gasteiger partial charge is 0.331 e. The summed E-state index contributed by atoms with van der Waals surface area (Å²) in [4.78, 5) is 15.4. The van der Waals surface area contributed by atoms with Crippen molar-refractivity contribution in [2.24, 2.45) is 16.5 Å². The van der Waals surface area contributed by atoms with E-state index in [1.807, 2.05) is 37.3 Å². The first kappa shape index (κ1) is 13.0. The molecule has 0 aliphatic heterocycles. The quantitative estimate of drug-likeness (QED) is 0.448. The molecule has 0 saturated carbocycles. The first-order valence-corrected chi connectivity index (χ1v) is 5.42. The van der Waals surface area contributed by atoms with E-state index in [9.17, 15) is 4.79 Å². The Labute approximate surface area is 100 Å². The number of esters is 1. The highest BCUT2D eigenvalue weighted by Gasteiger charge is 2.16. The van der Waals surface area contributed by atoms with Gasteiger partial charge < -0.3 is 16.2 Å². The van der Waals surface area contributed by atoms with Crippen LogP contribution in [0.25, 0.3) is 0 Å². The summed E-state index contributed by atoms with van der Waals surface area (Å²) in [5.74, 6) is -0.515. The molecular weight excluding hydrogens is 218 g/mol. The summed E-state index contributed by atoms with van der Waals surface area (Å²) >= 11 is 0. The van der Waals surface area contributed by atoms with Crippen LogP contribution in [0.4, 0.5) is 0 Å². The van der Waals surface area contributed by atoms with Gasteiger partial charge in [-0.1, -0.05) is 37.3 Å². The normalized spacial score (nSPS) is 11.6. The Morgan fingerprint density at radius 3 is 2.53 bits per heavy atom. The zero-order valence-electron chi connectivity index (χ0n) is 9.80. The van der Waals surface area contributed by atoms with Gasteiger partial charge in [0.15, 0.2) is 12.0 Å². The Morgan fingerprint density at radius 1 is 1.35 bits per heavy atom. The van der Waals surface area contributed by atoms with E-state index in [4.69, 9.17) is 16.2 Å². The fraction of sp³-hybridized carbons (Fsp3) is 0.333. The Kier molecular flexibility index (Phi) is 5.00. The highest BCUT2D eigenvalue weighted by molar-refractivity contribution is 5.82. The van der Waals surface area contributed by atoms with Gasteiger partial charge in [-0.15, -0.1) is 0 Å². The van der Waals surface area contributed by atoms with Crippen molar-refractivity contribution < 1.29 is 9.53 Å². The first-order chi connectivity index (χ1) is 8.13. The number of guanidine groups is 1. The molecule has 0 bridgehead atoms. The predicted molar refractivity (Wildman–Crippen MR) is 66.1 cm³/mol. The summed E-state index contributed by atoms with van der Waals surface area (Å²) < 4.78 is 5.12. The highest BCUT2D eigenvalue weighted by Crippen LogP contribution is 2.05. The minimum absolute atomic E-state index is 0.103. The van der Waals surface area contributed by atoms with Gasteiger partial charge in [0.25, 0.3) is 0 Å². The SMILES string of the molecule is CCC(N=C(N)N)C(=O)OCc1ccccc1. The molecule has 92 valence electrons. The summed E-state index contributed by atoms with van der Waals surface area (Å²) in [5, 5.41) is 0. The summed E-state index contributed by atoms with van der Waals surface area (Å²) in [6.45, 7) is 2.05. The second-order valence-corrected chi connectivity index (χ2v) is 3.57. The van der Waals surface area contributed by atoms with Crippen LogP contribution in [0.5, 0.6) is 0 Å². The van der Waals surface area contributed by atoms with E-state index >= 15 is 0 Å². The van der Waals surface area contributed by atoms with Crippen LogP contribution in [0, 0.1) is 0 Å². The molecule has 5 heteroatoms. The van der Waals surface area contributed by atoms with E-state index in [1.54, 1.807) is 0 Å². The first-order valence-electron chi connectivity index (χ1n) is 5.42. The maximum Gasteiger partial charge on any atom is 0.331 e. The predicted octanol–water partition coefficient (Wildman–Crippen LogP) is 0.782. The van der Waals surface area contributed by atoms with Crippen LogP contribution >= 0.6 is 0 Å². The third-order valence-corrected chi connectivity index (χ3v) is 2.19. The van der Waals surface area contributed by atoms with Crippen molar-refractivity contribution >= 4 is 11.9 Å². The summed E-state index contributed by atoms with van der Waals surface area (Å²) in [5.41, 5.74) is 11.4. The molecule has 4 N–H and O–H groups in total. The van der Waals surface area contributed by atoms with Crippen molar-refractivity contribution in [2.75, 3.05) is 0 Å². The fourth-order valence-corrected chi connectivity index (χ4v) is 1.32. The number of benzene rings is 1. The van der Waals surface area contributed by atoms with E-state index in [2.05, 4.69) is 4.99 Å². The van der Waals surface area contributed by atoms with Gasteiger partial charge in [0.1, 0.15) is 6.61 Å². The third-order valence-electron chi connectivity index (χ3n) is 2.19. The molecule has 0 aliphatic carbocycles. The molecule has 0 aromatic heterocycles. The van der Waals surface area contributed by atoms with Crippen LogP contribution in [0.3, 0.4) is 0 Å². The highest BCUT2D eigenvalue weighted by atomic mass is 16.5. The minimum Gasteiger partial charge on any atom is -0.459 e. The Morgan fingerprint density at radius 2 is 2.00 bits per heavy atom. The molecule has 1 rings (SSSR count). The number of hydrogen-bond donors (Lipinski definition) is 2. The van der Waals surface area contributed by atoms with Crippen LogP contribution in [0.15, 0.2) is 35.3 Å².